The molecule has 0 nitrogen and oxygen atoms in total. The number of hydrogen-bond donors (Lipinski definition) is 0. The van der Waals surface area contributed by atoms with Crippen LogP contribution in [-0.2, 0) is 0 Å². The second-order valence-electron chi connectivity index (χ2n) is 3.57. The van der Waals surface area contributed by atoms with E-state index in [9.17, 15) is 0 Å². The average Bonchev–Trinajstić information content (AvgIpc) is 2.28. The third kappa shape index (κ3) is 11.2. The van der Waals surface area contributed by atoms with Gasteiger partial charge in [-0.25, -0.2) is 0 Å². The molecule has 1 aromatic rings. The third-order valence-corrected chi connectivity index (χ3v) is 2.12. The van der Waals surface area contributed by atoms with E-state index < -0.39 is 0 Å². The maximum atomic E-state index is 2.26. The van der Waals surface area contributed by atoms with E-state index in [1.54, 1.807) is 0 Å². The Morgan fingerprint density at radius 1 is 0.500 bits per heavy atom. The van der Waals surface area contributed by atoms with E-state index >= 15 is 0 Å². The van der Waals surface area contributed by atoms with Crippen molar-refractivity contribution in [3.8, 4) is 0 Å². The Hall–Kier alpha value is -0.780. The van der Waals surface area contributed by atoms with Crippen molar-refractivity contribution in [1.29, 1.82) is 0 Å². The van der Waals surface area contributed by atoms with Crippen LogP contribution in [0.5, 0.6) is 0 Å². The fourth-order valence-corrected chi connectivity index (χ4v) is 1.24. The topological polar surface area (TPSA) is 0 Å². The summed E-state index contributed by atoms with van der Waals surface area (Å²) in [7, 11) is 0. The van der Waals surface area contributed by atoms with Gasteiger partial charge in [-0.2, -0.15) is 0 Å². The van der Waals surface area contributed by atoms with Crippen LogP contribution in [0.4, 0.5) is 0 Å². The van der Waals surface area contributed by atoms with Crippen molar-refractivity contribution in [2.75, 3.05) is 0 Å². The van der Waals surface area contributed by atoms with Crippen LogP contribution in [0.2, 0.25) is 0 Å². The lowest BCUT2D eigenvalue weighted by molar-refractivity contribution is 0.624. The summed E-state index contributed by atoms with van der Waals surface area (Å²) in [6, 6.07) is 12.0. The first kappa shape index (κ1) is 13.2. The molecule has 0 saturated carbocycles. The van der Waals surface area contributed by atoms with Crippen LogP contribution in [0.25, 0.3) is 0 Å². The lowest BCUT2D eigenvalue weighted by Gasteiger charge is -1.93. The van der Waals surface area contributed by atoms with Gasteiger partial charge in [0.05, 0.1) is 0 Å². The van der Waals surface area contributed by atoms with Gasteiger partial charge in [0.15, 0.2) is 0 Å². The highest BCUT2D eigenvalue weighted by molar-refractivity contribution is 4.99. The first-order valence-corrected chi connectivity index (χ1v) is 5.91. The molecule has 0 unspecified atom stereocenters. The number of hydrogen-bond acceptors (Lipinski definition) is 0. The summed E-state index contributed by atoms with van der Waals surface area (Å²) in [5.74, 6) is 0. The van der Waals surface area contributed by atoms with Gasteiger partial charge >= 0.3 is 0 Å². The molecule has 0 aromatic heterocycles. The lowest BCUT2D eigenvalue weighted by Crippen LogP contribution is -1.73. The summed E-state index contributed by atoms with van der Waals surface area (Å²) < 4.78 is 0. The fourth-order valence-electron chi connectivity index (χ4n) is 1.24. The molecule has 80 valence electrons. The van der Waals surface area contributed by atoms with Gasteiger partial charge < -0.3 is 0 Å². The van der Waals surface area contributed by atoms with Gasteiger partial charge in [0.25, 0.3) is 0 Å². The molecule has 0 radical (unpaired) electrons. The molecule has 0 aliphatic heterocycles. The molecule has 0 heterocycles. The first-order valence-electron chi connectivity index (χ1n) is 5.91. The molecule has 0 saturated heterocycles. The Balaban J connectivity index is 0.000000249. The molecule has 0 atom stereocenters. The van der Waals surface area contributed by atoms with Gasteiger partial charge in [-0.3, -0.25) is 0 Å². The molecular formula is C14H24. The maximum Gasteiger partial charge on any atom is -0.0533 e. The SMILES string of the molecule is CCCCCCCC.c1ccccc1. The van der Waals surface area contributed by atoms with Gasteiger partial charge in [0, 0.05) is 0 Å². The zero-order valence-corrected chi connectivity index (χ0v) is 9.71. The number of unbranched alkanes of at least 4 members (excludes halogenated alkanes) is 5. The van der Waals surface area contributed by atoms with Crippen LogP contribution < -0.4 is 0 Å². The van der Waals surface area contributed by atoms with E-state index in [0.29, 0.717) is 0 Å². The Bertz CT molecular complexity index is 134. The van der Waals surface area contributed by atoms with Crippen LogP contribution in [0, 0.1) is 0 Å². The summed E-state index contributed by atoms with van der Waals surface area (Å²) in [4.78, 5) is 0. The molecule has 0 heteroatoms. The van der Waals surface area contributed by atoms with Crippen molar-refractivity contribution in [3.63, 3.8) is 0 Å². The molecule has 0 amide bonds. The van der Waals surface area contributed by atoms with E-state index in [0.717, 1.165) is 0 Å². The normalized spacial score (nSPS) is 9.00. The number of rotatable bonds is 5. The summed E-state index contributed by atoms with van der Waals surface area (Å²) >= 11 is 0. The lowest BCUT2D eigenvalue weighted by atomic mass is 10.1. The quantitative estimate of drug-likeness (QED) is 0.572. The molecule has 0 bridgehead atoms. The van der Waals surface area contributed by atoms with Crippen LogP contribution in [-0.4, -0.2) is 0 Å². The van der Waals surface area contributed by atoms with Gasteiger partial charge in [-0.15, -0.1) is 0 Å². The van der Waals surface area contributed by atoms with Gasteiger partial charge in [0.2, 0.25) is 0 Å². The minimum atomic E-state index is 1.36. The Morgan fingerprint density at radius 2 is 0.786 bits per heavy atom. The summed E-state index contributed by atoms with van der Waals surface area (Å²) in [6.45, 7) is 4.51. The van der Waals surface area contributed by atoms with Crippen LogP contribution >= 0.6 is 0 Å². The van der Waals surface area contributed by atoms with E-state index in [4.69, 9.17) is 0 Å². The molecule has 0 aliphatic carbocycles. The summed E-state index contributed by atoms with van der Waals surface area (Å²) in [5.41, 5.74) is 0. The van der Waals surface area contributed by atoms with Crippen molar-refractivity contribution in [3.05, 3.63) is 36.4 Å². The molecule has 0 aliphatic rings. The van der Waals surface area contributed by atoms with Crippen molar-refractivity contribution >= 4 is 0 Å². The molecular weight excluding hydrogens is 168 g/mol. The van der Waals surface area contributed by atoms with Crippen molar-refractivity contribution in [2.45, 2.75) is 52.4 Å². The summed E-state index contributed by atoms with van der Waals surface area (Å²) in [5, 5.41) is 0. The minimum absolute atomic E-state index is 1.36. The first-order chi connectivity index (χ1) is 6.91. The molecule has 0 spiro atoms. The van der Waals surface area contributed by atoms with Crippen LogP contribution in [0.15, 0.2) is 36.4 Å². The minimum Gasteiger partial charge on any atom is -0.0654 e. The Morgan fingerprint density at radius 3 is 1.00 bits per heavy atom. The van der Waals surface area contributed by atoms with Crippen molar-refractivity contribution in [1.82, 2.24) is 0 Å². The maximum absolute atomic E-state index is 2.26. The van der Waals surface area contributed by atoms with E-state index in [1.807, 2.05) is 36.4 Å². The second-order valence-corrected chi connectivity index (χ2v) is 3.57. The van der Waals surface area contributed by atoms with E-state index in [2.05, 4.69) is 13.8 Å². The third-order valence-electron chi connectivity index (χ3n) is 2.12. The second kappa shape index (κ2) is 12.2. The number of benzene rings is 1. The molecule has 0 fully saturated rings. The average molecular weight is 192 g/mol. The van der Waals surface area contributed by atoms with Gasteiger partial charge in [-0.1, -0.05) is 88.8 Å². The Labute approximate surface area is 89.4 Å². The largest absolute Gasteiger partial charge is 0.0654 e. The van der Waals surface area contributed by atoms with Crippen molar-refractivity contribution < 1.29 is 0 Å². The van der Waals surface area contributed by atoms with Crippen LogP contribution in [0.1, 0.15) is 52.4 Å². The van der Waals surface area contributed by atoms with E-state index in [1.165, 1.54) is 38.5 Å². The molecule has 14 heavy (non-hydrogen) atoms. The predicted molar refractivity (Wildman–Crippen MR) is 65.5 cm³/mol. The van der Waals surface area contributed by atoms with Gasteiger partial charge in [-0.05, 0) is 0 Å². The molecule has 0 N–H and O–H groups in total. The summed E-state index contributed by atoms with van der Waals surface area (Å²) in [6.07, 6.45) is 8.49. The predicted octanol–water partition coefficient (Wildman–Crippen LogP) is 5.05. The molecule has 1 rings (SSSR count). The standard InChI is InChI=1S/C8H18.C6H6/c1-3-5-7-8-6-4-2;1-2-4-6-5-3-1/h3-8H2,1-2H3;1-6H. The molecule has 1 aromatic carbocycles. The van der Waals surface area contributed by atoms with Gasteiger partial charge in [0.1, 0.15) is 0 Å². The zero-order valence-electron chi connectivity index (χ0n) is 9.71. The Kier molecular flexibility index (Phi) is 11.5. The highest BCUT2D eigenvalue weighted by atomic mass is 13.9. The smallest absolute Gasteiger partial charge is 0.0533 e. The fraction of sp³-hybridized carbons (Fsp3) is 0.571. The highest BCUT2D eigenvalue weighted by Crippen LogP contribution is 2.03. The zero-order chi connectivity index (χ0) is 10.5. The highest BCUT2D eigenvalue weighted by Gasteiger charge is 1.83. The van der Waals surface area contributed by atoms with E-state index in [-0.39, 0.29) is 0 Å². The van der Waals surface area contributed by atoms with Crippen LogP contribution in [0.3, 0.4) is 0 Å². The van der Waals surface area contributed by atoms with Crippen molar-refractivity contribution in [2.24, 2.45) is 0 Å². The monoisotopic (exact) mass is 192 g/mol.